The number of hydrogen-bond donors (Lipinski definition) is 1. The predicted octanol–water partition coefficient (Wildman–Crippen LogP) is 4.51. The number of hydrogen-bond acceptors (Lipinski definition) is 4. The van der Waals surface area contributed by atoms with Gasteiger partial charge in [-0.3, -0.25) is 4.57 Å². The molecule has 0 spiro atoms. The highest BCUT2D eigenvalue weighted by Gasteiger charge is 2.19. The Kier molecular flexibility index (Phi) is 5.14. The molecule has 4 aromatic rings. The molecule has 0 unspecified atom stereocenters. The Bertz CT molecular complexity index is 956. The second-order valence-corrected chi connectivity index (χ2v) is 6.23. The number of anilines is 1. The van der Waals surface area contributed by atoms with Gasteiger partial charge in [0.05, 0.1) is 24.2 Å². The Hall–Kier alpha value is -3.15. The number of fused-ring (bicyclic) bond motifs is 1. The number of imidazole rings is 1. The predicted molar refractivity (Wildman–Crippen MR) is 106 cm³/mol. The van der Waals surface area contributed by atoms with Gasteiger partial charge in [0.15, 0.2) is 0 Å². The standard InChI is InChI=1S/C22H21N3O2/c23-21-24-19-13-7-8-14-20(19)25(21)22(26-15-17-9-3-1-4-10-17)27-16-18-11-5-2-6-12-18/h1-14,22H,15-16H2,(H2,23,24). The molecule has 0 aliphatic rings. The summed E-state index contributed by atoms with van der Waals surface area (Å²) in [5.74, 6) is 0.363. The molecule has 136 valence electrons. The van der Waals surface area contributed by atoms with Crippen LogP contribution in [0.4, 0.5) is 5.95 Å². The summed E-state index contributed by atoms with van der Waals surface area (Å²) in [6.07, 6.45) is -0.683. The van der Waals surface area contributed by atoms with Crippen molar-refractivity contribution in [2.45, 2.75) is 19.6 Å². The molecule has 4 rings (SSSR count). The number of ether oxygens (including phenoxy) is 2. The summed E-state index contributed by atoms with van der Waals surface area (Å²) in [5, 5.41) is 0. The molecule has 3 aromatic carbocycles. The maximum atomic E-state index is 6.18. The molecule has 0 bridgehead atoms. The quantitative estimate of drug-likeness (QED) is 0.493. The third-order valence-corrected chi connectivity index (χ3v) is 4.30. The molecule has 0 fully saturated rings. The molecule has 27 heavy (non-hydrogen) atoms. The third-order valence-electron chi connectivity index (χ3n) is 4.30. The summed E-state index contributed by atoms with van der Waals surface area (Å²) >= 11 is 0. The number of aromatic nitrogens is 2. The molecule has 0 saturated heterocycles. The van der Waals surface area contributed by atoms with Crippen LogP contribution in [-0.2, 0) is 22.7 Å². The minimum absolute atomic E-state index is 0.363. The number of benzene rings is 3. The molecular weight excluding hydrogens is 338 g/mol. The van der Waals surface area contributed by atoms with Crippen LogP contribution in [0.15, 0.2) is 84.9 Å². The number of nitrogens with two attached hydrogens (primary N) is 1. The summed E-state index contributed by atoms with van der Waals surface area (Å²) < 4.78 is 14.0. The van der Waals surface area contributed by atoms with Gasteiger partial charge in [-0.15, -0.1) is 0 Å². The lowest BCUT2D eigenvalue weighted by Gasteiger charge is -2.21. The molecule has 5 nitrogen and oxygen atoms in total. The zero-order valence-electron chi connectivity index (χ0n) is 14.9. The maximum absolute atomic E-state index is 6.18. The van der Waals surface area contributed by atoms with E-state index in [4.69, 9.17) is 15.2 Å². The lowest BCUT2D eigenvalue weighted by atomic mass is 10.2. The fraction of sp³-hybridized carbons (Fsp3) is 0.136. The van der Waals surface area contributed by atoms with Crippen molar-refractivity contribution in [2.24, 2.45) is 0 Å². The van der Waals surface area contributed by atoms with Gasteiger partial charge in [-0.2, -0.15) is 0 Å². The first kappa shape index (κ1) is 17.3. The molecule has 0 atom stereocenters. The van der Waals surface area contributed by atoms with Crippen LogP contribution >= 0.6 is 0 Å². The van der Waals surface area contributed by atoms with Crippen molar-refractivity contribution in [1.29, 1.82) is 0 Å². The van der Waals surface area contributed by atoms with Crippen molar-refractivity contribution in [3.63, 3.8) is 0 Å². The zero-order valence-corrected chi connectivity index (χ0v) is 14.9. The Labute approximate surface area is 158 Å². The second kappa shape index (κ2) is 8.03. The summed E-state index contributed by atoms with van der Waals surface area (Å²) in [7, 11) is 0. The van der Waals surface area contributed by atoms with Crippen LogP contribution in [0.25, 0.3) is 11.0 Å². The van der Waals surface area contributed by atoms with Crippen molar-refractivity contribution >= 4 is 17.0 Å². The van der Waals surface area contributed by atoms with E-state index in [9.17, 15) is 0 Å². The molecule has 0 aliphatic heterocycles. The first-order valence-corrected chi connectivity index (χ1v) is 8.85. The van der Waals surface area contributed by atoms with Gasteiger partial charge in [0.1, 0.15) is 0 Å². The second-order valence-electron chi connectivity index (χ2n) is 6.23. The van der Waals surface area contributed by atoms with Crippen LogP contribution in [0.1, 0.15) is 17.5 Å². The van der Waals surface area contributed by atoms with Crippen molar-refractivity contribution in [1.82, 2.24) is 9.55 Å². The SMILES string of the molecule is Nc1nc2ccccc2n1C(OCc1ccccc1)OCc1ccccc1. The Morgan fingerprint density at radius 1 is 0.741 bits per heavy atom. The van der Waals surface area contributed by atoms with E-state index in [1.807, 2.05) is 84.9 Å². The summed E-state index contributed by atoms with van der Waals surface area (Å²) in [4.78, 5) is 4.42. The highest BCUT2D eigenvalue weighted by molar-refractivity contribution is 5.78. The molecular formula is C22H21N3O2. The van der Waals surface area contributed by atoms with Crippen LogP contribution in [-0.4, -0.2) is 9.55 Å². The largest absolute Gasteiger partial charge is 0.369 e. The van der Waals surface area contributed by atoms with Crippen molar-refractivity contribution in [3.8, 4) is 0 Å². The van der Waals surface area contributed by atoms with Crippen molar-refractivity contribution < 1.29 is 9.47 Å². The van der Waals surface area contributed by atoms with Gasteiger partial charge in [0.25, 0.3) is 0 Å². The van der Waals surface area contributed by atoms with E-state index >= 15 is 0 Å². The highest BCUT2D eigenvalue weighted by Crippen LogP contribution is 2.26. The van der Waals surface area contributed by atoms with E-state index in [-0.39, 0.29) is 0 Å². The number of nitrogens with zero attached hydrogens (tertiary/aromatic N) is 2. The fourth-order valence-corrected chi connectivity index (χ4v) is 2.97. The van der Waals surface area contributed by atoms with Crippen LogP contribution < -0.4 is 5.73 Å². The average Bonchev–Trinajstić information content (AvgIpc) is 3.05. The maximum Gasteiger partial charge on any atom is 0.247 e. The Morgan fingerprint density at radius 3 is 1.85 bits per heavy atom. The average molecular weight is 359 g/mol. The minimum atomic E-state index is -0.683. The Morgan fingerprint density at radius 2 is 1.26 bits per heavy atom. The van der Waals surface area contributed by atoms with Gasteiger partial charge in [-0.25, -0.2) is 4.98 Å². The molecule has 0 aliphatic carbocycles. The van der Waals surface area contributed by atoms with Crippen LogP contribution in [0.5, 0.6) is 0 Å². The lowest BCUT2D eigenvalue weighted by molar-refractivity contribution is -0.202. The number of para-hydroxylation sites is 2. The van der Waals surface area contributed by atoms with Gasteiger partial charge in [0.2, 0.25) is 12.4 Å². The molecule has 2 N–H and O–H groups in total. The monoisotopic (exact) mass is 359 g/mol. The van der Waals surface area contributed by atoms with Crippen molar-refractivity contribution in [3.05, 3.63) is 96.1 Å². The van der Waals surface area contributed by atoms with Crippen LogP contribution in [0.3, 0.4) is 0 Å². The van der Waals surface area contributed by atoms with Gasteiger partial charge >= 0.3 is 0 Å². The summed E-state index contributed by atoms with van der Waals surface area (Å²) in [6, 6.07) is 27.7. The van der Waals surface area contributed by atoms with Gasteiger partial charge in [-0.1, -0.05) is 72.8 Å². The molecule has 0 radical (unpaired) electrons. The smallest absolute Gasteiger partial charge is 0.247 e. The minimum Gasteiger partial charge on any atom is -0.369 e. The molecule has 0 amide bonds. The molecule has 1 heterocycles. The van der Waals surface area contributed by atoms with Crippen molar-refractivity contribution in [2.75, 3.05) is 5.73 Å². The Balaban J connectivity index is 1.61. The van der Waals surface area contributed by atoms with Crippen LogP contribution in [0.2, 0.25) is 0 Å². The van der Waals surface area contributed by atoms with E-state index in [0.717, 1.165) is 22.2 Å². The van der Waals surface area contributed by atoms with E-state index in [0.29, 0.717) is 19.2 Å². The number of nitrogen functional groups attached to an aromatic ring is 1. The first-order chi connectivity index (χ1) is 13.3. The summed E-state index contributed by atoms with van der Waals surface area (Å²) in [5.41, 5.74) is 10.00. The highest BCUT2D eigenvalue weighted by atomic mass is 16.7. The van der Waals surface area contributed by atoms with E-state index < -0.39 is 6.41 Å². The summed E-state index contributed by atoms with van der Waals surface area (Å²) in [6.45, 7) is 0.818. The molecule has 1 aromatic heterocycles. The number of rotatable bonds is 7. The van der Waals surface area contributed by atoms with Gasteiger partial charge in [0, 0.05) is 0 Å². The van der Waals surface area contributed by atoms with Gasteiger partial charge in [-0.05, 0) is 23.3 Å². The lowest BCUT2D eigenvalue weighted by Crippen LogP contribution is -2.18. The topological polar surface area (TPSA) is 62.3 Å². The third kappa shape index (κ3) is 4.00. The van der Waals surface area contributed by atoms with Gasteiger partial charge < -0.3 is 15.2 Å². The zero-order chi connectivity index (χ0) is 18.5. The molecule has 0 saturated carbocycles. The van der Waals surface area contributed by atoms with E-state index in [1.165, 1.54) is 0 Å². The van der Waals surface area contributed by atoms with E-state index in [2.05, 4.69) is 4.98 Å². The normalized spacial score (nSPS) is 11.3. The molecule has 5 heteroatoms. The van der Waals surface area contributed by atoms with Crippen LogP contribution in [0, 0.1) is 0 Å². The van der Waals surface area contributed by atoms with E-state index in [1.54, 1.807) is 4.57 Å². The first-order valence-electron chi connectivity index (χ1n) is 8.85. The fourth-order valence-electron chi connectivity index (χ4n) is 2.97.